The van der Waals surface area contributed by atoms with Crippen molar-refractivity contribution in [3.8, 4) is 6.07 Å². The molecule has 0 amide bonds. The number of nitrogens with zero attached hydrogens (tertiary/aromatic N) is 4. The summed E-state index contributed by atoms with van der Waals surface area (Å²) in [5.41, 5.74) is 2.34. The number of nitrogens with one attached hydrogen (secondary N) is 3. The lowest BCUT2D eigenvalue weighted by molar-refractivity contribution is 0.166. The van der Waals surface area contributed by atoms with E-state index in [1.807, 2.05) is 12.3 Å². The number of hydrogen-bond donors (Lipinski definition) is 3. The van der Waals surface area contributed by atoms with E-state index >= 15 is 0 Å². The Balaban J connectivity index is 1.63. The number of aromatic amines is 2. The lowest BCUT2D eigenvalue weighted by Crippen LogP contribution is -2.41. The van der Waals surface area contributed by atoms with E-state index in [1.54, 1.807) is 6.20 Å². The summed E-state index contributed by atoms with van der Waals surface area (Å²) < 4.78 is 26.8. The highest BCUT2D eigenvalue weighted by atomic mass is 32.2. The van der Waals surface area contributed by atoms with Gasteiger partial charge in [0.1, 0.15) is 17.0 Å². The van der Waals surface area contributed by atoms with E-state index in [0.717, 1.165) is 49.0 Å². The van der Waals surface area contributed by atoms with Gasteiger partial charge in [-0.15, -0.1) is 0 Å². The summed E-state index contributed by atoms with van der Waals surface area (Å²) in [4.78, 5) is 17.7. The van der Waals surface area contributed by atoms with Crippen LogP contribution in [0.25, 0.3) is 22.1 Å². The molecular weight excluding hydrogens is 378 g/mol. The molecule has 0 spiro atoms. The standard InChI is InChI=1S/C18H23N7O2S/c1-28(26,27)24-15(12-4-9-25(10-5-12)8-2-6-19)18-22-14-11-21-17-13(3-7-20-17)16(14)23-18/h3,7,11-12,15,24H,2,4-5,8-10H2,1H3,(H,20,21)(H,22,23). The van der Waals surface area contributed by atoms with Crippen LogP contribution in [0.5, 0.6) is 0 Å². The van der Waals surface area contributed by atoms with Crippen LogP contribution in [-0.4, -0.2) is 59.1 Å². The number of piperidine rings is 1. The number of pyridine rings is 1. The molecule has 4 rings (SSSR count). The van der Waals surface area contributed by atoms with Crippen molar-refractivity contribution >= 4 is 32.1 Å². The van der Waals surface area contributed by atoms with Crippen molar-refractivity contribution < 1.29 is 8.42 Å². The molecule has 0 bridgehead atoms. The van der Waals surface area contributed by atoms with Gasteiger partial charge >= 0.3 is 0 Å². The molecule has 1 aliphatic rings. The lowest BCUT2D eigenvalue weighted by atomic mass is 9.89. The van der Waals surface area contributed by atoms with Crippen LogP contribution in [-0.2, 0) is 10.0 Å². The summed E-state index contributed by atoms with van der Waals surface area (Å²) in [7, 11) is -3.41. The monoisotopic (exact) mass is 401 g/mol. The maximum atomic E-state index is 12.0. The fourth-order valence-corrected chi connectivity index (χ4v) is 4.74. The quantitative estimate of drug-likeness (QED) is 0.576. The first kappa shape index (κ1) is 18.9. The molecule has 28 heavy (non-hydrogen) atoms. The SMILES string of the molecule is CS(=O)(=O)NC(c1nc2cnc3[nH]ccc3c2[nH]1)C1CCN(CCC#N)CC1. The Morgan fingerprint density at radius 2 is 2.21 bits per heavy atom. The number of rotatable bonds is 6. The topological polar surface area (TPSA) is 131 Å². The van der Waals surface area contributed by atoms with Crippen molar-refractivity contribution in [1.29, 1.82) is 5.26 Å². The summed E-state index contributed by atoms with van der Waals surface area (Å²) in [5, 5.41) is 9.70. The van der Waals surface area contributed by atoms with Gasteiger partial charge in [-0.05, 0) is 37.9 Å². The minimum atomic E-state index is -3.41. The number of aromatic nitrogens is 4. The third-order valence-corrected chi connectivity index (χ3v) is 6.02. The zero-order valence-electron chi connectivity index (χ0n) is 15.6. The smallest absolute Gasteiger partial charge is 0.209 e. The molecule has 4 heterocycles. The summed E-state index contributed by atoms with van der Waals surface area (Å²) in [6.45, 7) is 2.45. The molecule has 3 aromatic rings. The molecule has 1 atom stereocenters. The van der Waals surface area contributed by atoms with Gasteiger partial charge < -0.3 is 14.9 Å². The molecule has 1 aliphatic heterocycles. The molecule has 1 saturated heterocycles. The van der Waals surface area contributed by atoms with E-state index in [-0.39, 0.29) is 5.92 Å². The number of H-pyrrole nitrogens is 2. The number of imidazole rings is 1. The largest absolute Gasteiger partial charge is 0.346 e. The molecule has 3 aromatic heterocycles. The van der Waals surface area contributed by atoms with E-state index in [1.165, 1.54) is 6.26 Å². The van der Waals surface area contributed by atoms with Gasteiger partial charge in [-0.3, -0.25) is 0 Å². The predicted octanol–water partition coefficient (Wildman–Crippen LogP) is 1.66. The second-order valence-corrected chi connectivity index (χ2v) is 9.12. The van der Waals surface area contributed by atoms with E-state index in [4.69, 9.17) is 5.26 Å². The average molecular weight is 401 g/mol. The van der Waals surface area contributed by atoms with Crippen LogP contribution in [0.3, 0.4) is 0 Å². The first-order valence-electron chi connectivity index (χ1n) is 9.33. The second kappa shape index (κ2) is 7.50. The summed E-state index contributed by atoms with van der Waals surface area (Å²) in [6, 6.07) is 3.68. The van der Waals surface area contributed by atoms with E-state index < -0.39 is 16.1 Å². The minimum Gasteiger partial charge on any atom is -0.346 e. The van der Waals surface area contributed by atoms with E-state index in [0.29, 0.717) is 17.8 Å². The molecule has 1 unspecified atom stereocenters. The summed E-state index contributed by atoms with van der Waals surface area (Å²) in [6.07, 6.45) is 6.88. The Bertz CT molecular complexity index is 1120. The Morgan fingerprint density at radius 3 is 2.93 bits per heavy atom. The molecule has 1 fully saturated rings. The molecule has 148 valence electrons. The lowest BCUT2D eigenvalue weighted by Gasteiger charge is -2.35. The third kappa shape index (κ3) is 3.87. The molecule has 0 aliphatic carbocycles. The highest BCUT2D eigenvalue weighted by Crippen LogP contribution is 2.32. The maximum Gasteiger partial charge on any atom is 0.209 e. The Kier molecular flexibility index (Phi) is 5.05. The van der Waals surface area contributed by atoms with Gasteiger partial charge in [0.25, 0.3) is 0 Å². The fourth-order valence-electron chi connectivity index (χ4n) is 3.97. The van der Waals surface area contributed by atoms with Gasteiger partial charge in [0.2, 0.25) is 10.0 Å². The predicted molar refractivity (Wildman–Crippen MR) is 106 cm³/mol. The number of likely N-dealkylation sites (tertiary alicyclic amines) is 1. The first-order chi connectivity index (χ1) is 13.4. The number of sulfonamides is 1. The number of fused-ring (bicyclic) bond motifs is 3. The highest BCUT2D eigenvalue weighted by molar-refractivity contribution is 7.88. The molecule has 0 radical (unpaired) electrons. The van der Waals surface area contributed by atoms with Crippen LogP contribution >= 0.6 is 0 Å². The van der Waals surface area contributed by atoms with Crippen molar-refractivity contribution in [2.45, 2.75) is 25.3 Å². The van der Waals surface area contributed by atoms with Crippen LogP contribution < -0.4 is 4.72 Å². The summed E-state index contributed by atoms with van der Waals surface area (Å²) >= 11 is 0. The zero-order chi connectivity index (χ0) is 19.7. The van der Waals surface area contributed by atoms with Gasteiger partial charge in [0, 0.05) is 24.5 Å². The normalized spacial score (nSPS) is 17.9. The zero-order valence-corrected chi connectivity index (χ0v) is 16.5. The Hall–Kier alpha value is -2.48. The van der Waals surface area contributed by atoms with Crippen LogP contribution in [0.2, 0.25) is 0 Å². The molecule has 0 aromatic carbocycles. The number of hydrogen-bond acceptors (Lipinski definition) is 6. The van der Waals surface area contributed by atoms with Crippen LogP contribution in [0.4, 0.5) is 0 Å². The second-order valence-electron chi connectivity index (χ2n) is 7.34. The van der Waals surface area contributed by atoms with Gasteiger partial charge in [-0.2, -0.15) is 5.26 Å². The van der Waals surface area contributed by atoms with Crippen LogP contribution in [0.1, 0.15) is 31.1 Å². The minimum absolute atomic E-state index is 0.128. The number of nitriles is 1. The third-order valence-electron chi connectivity index (χ3n) is 5.34. The van der Waals surface area contributed by atoms with Crippen LogP contribution in [0, 0.1) is 17.2 Å². The maximum absolute atomic E-state index is 12.0. The van der Waals surface area contributed by atoms with E-state index in [9.17, 15) is 8.42 Å². The Morgan fingerprint density at radius 1 is 1.43 bits per heavy atom. The molecular formula is C18H23N7O2S. The van der Waals surface area contributed by atoms with Crippen molar-refractivity contribution in [3.63, 3.8) is 0 Å². The van der Waals surface area contributed by atoms with Crippen molar-refractivity contribution in [2.24, 2.45) is 5.92 Å². The van der Waals surface area contributed by atoms with Gasteiger partial charge in [0.05, 0.1) is 30.1 Å². The van der Waals surface area contributed by atoms with E-state index in [2.05, 4.69) is 35.6 Å². The molecule has 10 heteroatoms. The highest BCUT2D eigenvalue weighted by Gasteiger charge is 2.32. The van der Waals surface area contributed by atoms with Crippen molar-refractivity contribution in [3.05, 3.63) is 24.3 Å². The van der Waals surface area contributed by atoms with Gasteiger partial charge in [-0.25, -0.2) is 23.1 Å². The van der Waals surface area contributed by atoms with Crippen LogP contribution in [0.15, 0.2) is 18.5 Å². The Labute approximate surface area is 163 Å². The average Bonchev–Trinajstić information content (AvgIpc) is 3.30. The first-order valence-corrected chi connectivity index (χ1v) is 11.2. The van der Waals surface area contributed by atoms with Crippen molar-refractivity contribution in [2.75, 3.05) is 25.9 Å². The van der Waals surface area contributed by atoms with Gasteiger partial charge in [-0.1, -0.05) is 0 Å². The summed E-state index contributed by atoms with van der Waals surface area (Å²) in [5.74, 6) is 0.745. The molecule has 0 saturated carbocycles. The van der Waals surface area contributed by atoms with Gasteiger partial charge in [0.15, 0.2) is 0 Å². The van der Waals surface area contributed by atoms with Crippen molar-refractivity contribution in [1.82, 2.24) is 29.6 Å². The molecule has 9 nitrogen and oxygen atoms in total. The molecule has 3 N–H and O–H groups in total. The fraction of sp³-hybridized carbons (Fsp3) is 0.500.